The lowest BCUT2D eigenvalue weighted by Crippen LogP contribution is -2.25. The minimum Gasteiger partial charge on any atom is -0.491 e. The molecule has 0 atom stereocenters. The first-order chi connectivity index (χ1) is 31.0. The van der Waals surface area contributed by atoms with Crippen LogP contribution in [0.3, 0.4) is 0 Å². The summed E-state index contributed by atoms with van der Waals surface area (Å²) in [5.74, 6) is -0.663. The van der Waals surface area contributed by atoms with Gasteiger partial charge in [-0.05, 0) is 89.1 Å². The summed E-state index contributed by atoms with van der Waals surface area (Å²) < 4.78 is 19.6. The van der Waals surface area contributed by atoms with Crippen molar-refractivity contribution in [2.75, 3.05) is 30.4 Å². The van der Waals surface area contributed by atoms with Gasteiger partial charge in [0.2, 0.25) is 17.8 Å². The number of aryl methyl sites for hydroxylation is 5. The molecular weight excluding hydrogens is 819 g/mol. The summed E-state index contributed by atoms with van der Waals surface area (Å²) in [5, 5.41) is 17.8. The maximum absolute atomic E-state index is 13.9. The third-order valence-electron chi connectivity index (χ3n) is 10.6. The number of carbonyl (C=O) groups is 4. The monoisotopic (exact) mass is 867 g/mol. The molecular formula is C45H49N13O6. The molecule has 1 aliphatic rings. The Morgan fingerprint density at radius 2 is 1.27 bits per heavy atom. The zero-order valence-electron chi connectivity index (χ0n) is 36.1. The molecule has 0 aliphatic carbocycles. The van der Waals surface area contributed by atoms with Crippen LogP contribution < -0.4 is 31.2 Å². The van der Waals surface area contributed by atoms with Crippen molar-refractivity contribution in [3.63, 3.8) is 0 Å². The Morgan fingerprint density at radius 3 is 1.78 bits per heavy atom. The van der Waals surface area contributed by atoms with Crippen LogP contribution in [0.4, 0.5) is 11.9 Å². The van der Waals surface area contributed by atoms with Gasteiger partial charge in [0.15, 0.2) is 0 Å². The van der Waals surface area contributed by atoms with E-state index in [0.29, 0.717) is 101 Å². The fourth-order valence-corrected chi connectivity index (χ4v) is 7.67. The number of nitrogens with two attached hydrogens (primary N) is 1. The molecule has 5 N–H and O–H groups in total. The van der Waals surface area contributed by atoms with E-state index in [0.717, 1.165) is 5.69 Å². The number of primary amides is 1. The lowest BCUT2D eigenvalue weighted by Gasteiger charge is -2.14. The van der Waals surface area contributed by atoms with E-state index in [2.05, 4.69) is 31.1 Å². The SMILES string of the molecule is CCn1nc(C)cc1C(=O)Nc1nc2cc(C(N)=O)cc3c2n1C/C=C/Cn1c(NC(=O)c2cc(C)nn2CC)nc2cc(C(=O)NCCCc4ccccn4)cc(c21)OCCCO3. The summed E-state index contributed by atoms with van der Waals surface area (Å²) in [6.45, 7) is 9.53. The third-order valence-corrected chi connectivity index (χ3v) is 10.6. The van der Waals surface area contributed by atoms with Crippen LogP contribution in [0, 0.1) is 13.8 Å². The average Bonchev–Trinajstić information content (AvgIpc) is 4.05. The van der Waals surface area contributed by atoms with Crippen molar-refractivity contribution in [1.82, 2.24) is 49.0 Å². The van der Waals surface area contributed by atoms with Crippen molar-refractivity contribution in [3.05, 3.63) is 113 Å². The molecule has 0 fully saturated rings. The molecule has 8 rings (SSSR count). The van der Waals surface area contributed by atoms with Gasteiger partial charge in [-0.25, -0.2) is 9.97 Å². The summed E-state index contributed by atoms with van der Waals surface area (Å²) in [5.41, 5.74) is 11.2. The molecule has 0 spiro atoms. The van der Waals surface area contributed by atoms with Crippen molar-refractivity contribution in [2.45, 2.75) is 73.1 Å². The molecule has 5 aromatic heterocycles. The highest BCUT2D eigenvalue weighted by atomic mass is 16.5. The van der Waals surface area contributed by atoms with Gasteiger partial charge in [0, 0.05) is 62.2 Å². The van der Waals surface area contributed by atoms with Crippen LogP contribution in [0.1, 0.15) is 85.5 Å². The number of nitrogens with one attached hydrogen (secondary N) is 3. The van der Waals surface area contributed by atoms with Crippen LogP contribution in [0.15, 0.2) is 72.9 Å². The Hall–Kier alpha value is -7.83. The molecule has 6 heterocycles. The highest BCUT2D eigenvalue weighted by Gasteiger charge is 2.24. The number of pyridine rings is 1. The third kappa shape index (κ3) is 9.04. The number of hydrogen-bond acceptors (Lipinski definition) is 11. The Labute approximate surface area is 367 Å². The first-order valence-electron chi connectivity index (χ1n) is 21.2. The molecule has 7 aromatic rings. The van der Waals surface area contributed by atoms with Crippen molar-refractivity contribution >= 4 is 57.6 Å². The second-order valence-electron chi connectivity index (χ2n) is 15.2. The molecule has 0 bridgehead atoms. The van der Waals surface area contributed by atoms with Crippen LogP contribution in [0.2, 0.25) is 0 Å². The van der Waals surface area contributed by atoms with Crippen LogP contribution in [-0.2, 0) is 32.6 Å². The zero-order chi connectivity index (χ0) is 44.9. The summed E-state index contributed by atoms with van der Waals surface area (Å²) in [7, 11) is 0. The molecule has 0 radical (unpaired) electrons. The van der Waals surface area contributed by atoms with Gasteiger partial charge < -0.3 is 29.7 Å². The number of benzene rings is 2. The summed E-state index contributed by atoms with van der Waals surface area (Å²) in [6.07, 6.45) is 7.27. The molecule has 0 saturated carbocycles. The number of amides is 4. The molecule has 19 nitrogen and oxygen atoms in total. The molecule has 330 valence electrons. The Morgan fingerprint density at radius 1 is 0.719 bits per heavy atom. The number of allylic oxidation sites excluding steroid dienone is 2. The number of hydrogen-bond donors (Lipinski definition) is 4. The van der Waals surface area contributed by atoms with E-state index in [1.165, 1.54) is 0 Å². The zero-order valence-corrected chi connectivity index (χ0v) is 36.1. The van der Waals surface area contributed by atoms with E-state index >= 15 is 0 Å². The Kier molecular flexibility index (Phi) is 12.5. The smallest absolute Gasteiger partial charge is 0.276 e. The number of aromatic nitrogens is 9. The van der Waals surface area contributed by atoms with Gasteiger partial charge in [-0.2, -0.15) is 10.2 Å². The molecule has 0 unspecified atom stereocenters. The van der Waals surface area contributed by atoms with Crippen molar-refractivity contribution in [3.8, 4) is 11.5 Å². The fraction of sp³-hybridized carbons (Fsp3) is 0.311. The van der Waals surface area contributed by atoms with E-state index in [1.807, 2.05) is 62.6 Å². The van der Waals surface area contributed by atoms with Gasteiger partial charge in [-0.15, -0.1) is 0 Å². The number of imidazole rings is 2. The number of anilines is 2. The predicted octanol–water partition coefficient (Wildman–Crippen LogP) is 5.21. The summed E-state index contributed by atoms with van der Waals surface area (Å²) >= 11 is 0. The normalized spacial score (nSPS) is 13.4. The maximum Gasteiger partial charge on any atom is 0.276 e. The fourth-order valence-electron chi connectivity index (χ4n) is 7.67. The first-order valence-corrected chi connectivity index (χ1v) is 21.2. The Balaban J connectivity index is 1.16. The number of carbonyl (C=O) groups excluding carboxylic acids is 4. The molecule has 64 heavy (non-hydrogen) atoms. The minimum atomic E-state index is -0.669. The average molecular weight is 868 g/mol. The van der Waals surface area contributed by atoms with Crippen LogP contribution in [0.5, 0.6) is 11.5 Å². The minimum absolute atomic E-state index is 0.152. The van der Waals surface area contributed by atoms with Gasteiger partial charge >= 0.3 is 0 Å². The standard InChI is InChI=1S/C45H49N13O6/c1-5-57-34(21-27(3)53-57)42(61)51-44-49-32-23-29(40(46)59)25-36-38(32)55(44)17-9-10-18-56-39-33(50-45(56)52-43(62)35-22-28(4)54-58(35)6-2)24-30(26-37(39)64-20-12-19-63-36)41(60)48-16-11-14-31-13-7-8-15-47-31/h7-10,13,15,21-26H,5-6,11-12,14,16-20H2,1-4H3,(H2,46,59)(H,48,60)(H,49,51,61)(H,50,52,62)/b10-9+. The van der Waals surface area contributed by atoms with Gasteiger partial charge in [-0.3, -0.25) is 44.2 Å². The molecule has 19 heteroatoms. The highest BCUT2D eigenvalue weighted by Crippen LogP contribution is 2.34. The predicted molar refractivity (Wildman–Crippen MR) is 239 cm³/mol. The largest absolute Gasteiger partial charge is 0.491 e. The second-order valence-corrected chi connectivity index (χ2v) is 15.2. The van der Waals surface area contributed by atoms with Gasteiger partial charge in [0.05, 0.1) is 35.6 Å². The van der Waals surface area contributed by atoms with Crippen molar-refractivity contribution < 1.29 is 28.7 Å². The molecule has 1 aliphatic heterocycles. The van der Waals surface area contributed by atoms with E-state index in [-0.39, 0.29) is 49.7 Å². The van der Waals surface area contributed by atoms with Gasteiger partial charge in [0.1, 0.15) is 33.9 Å². The van der Waals surface area contributed by atoms with Crippen molar-refractivity contribution in [1.29, 1.82) is 0 Å². The summed E-state index contributed by atoms with van der Waals surface area (Å²) in [6, 6.07) is 15.6. The lowest BCUT2D eigenvalue weighted by molar-refractivity contribution is 0.0950. The number of nitrogens with zero attached hydrogens (tertiary/aromatic N) is 9. The Bertz CT molecular complexity index is 2920. The van der Waals surface area contributed by atoms with Crippen LogP contribution >= 0.6 is 0 Å². The van der Waals surface area contributed by atoms with E-state index in [4.69, 9.17) is 25.2 Å². The maximum atomic E-state index is 13.9. The summed E-state index contributed by atoms with van der Waals surface area (Å²) in [4.78, 5) is 67.8. The van der Waals surface area contributed by atoms with Crippen LogP contribution in [0.25, 0.3) is 22.1 Å². The van der Waals surface area contributed by atoms with E-state index in [1.54, 1.807) is 56.5 Å². The quantitative estimate of drug-likeness (QED) is 0.0919. The lowest BCUT2D eigenvalue weighted by atomic mass is 10.1. The first kappa shape index (κ1) is 42.8. The van der Waals surface area contributed by atoms with Gasteiger partial charge in [0.25, 0.3) is 17.7 Å². The molecule has 0 saturated heterocycles. The van der Waals surface area contributed by atoms with Crippen molar-refractivity contribution in [2.24, 2.45) is 5.73 Å². The number of ether oxygens (including phenoxy) is 2. The van der Waals surface area contributed by atoms with Crippen LogP contribution in [-0.4, -0.2) is 87.0 Å². The molecule has 4 amide bonds. The second kappa shape index (κ2) is 18.6. The van der Waals surface area contributed by atoms with E-state index in [9.17, 15) is 19.2 Å². The molecule has 2 aromatic carbocycles. The number of rotatable bonds is 12. The topological polar surface area (TPSA) is 233 Å². The van der Waals surface area contributed by atoms with E-state index < -0.39 is 17.7 Å². The van der Waals surface area contributed by atoms with Gasteiger partial charge in [-0.1, -0.05) is 18.2 Å². The highest BCUT2D eigenvalue weighted by molar-refractivity contribution is 6.05.